The van der Waals surface area contributed by atoms with E-state index in [0.29, 0.717) is 0 Å². The molecule has 0 radical (unpaired) electrons. The van der Waals surface area contributed by atoms with Crippen LogP contribution in [0.5, 0.6) is 0 Å². The van der Waals surface area contributed by atoms with Gasteiger partial charge in [0.1, 0.15) is 0 Å². The van der Waals surface area contributed by atoms with Crippen molar-refractivity contribution in [1.82, 2.24) is 15.1 Å². The molecule has 1 N–H and O–H groups in total. The Bertz CT molecular complexity index is 396. The normalized spacial score (nSPS) is 28.0. The lowest BCUT2D eigenvalue weighted by Gasteiger charge is -2.43. The van der Waals surface area contributed by atoms with Crippen LogP contribution >= 0.6 is 0 Å². The monoisotopic (exact) mass is 338 g/mol. The van der Waals surface area contributed by atoms with Crippen LogP contribution in [0.4, 0.5) is 0 Å². The fourth-order valence-electron chi connectivity index (χ4n) is 4.15. The van der Waals surface area contributed by atoms with E-state index in [1.54, 1.807) is 0 Å². The molecule has 0 aromatic carbocycles. The first kappa shape index (κ1) is 19.5. The zero-order chi connectivity index (χ0) is 17.6. The molecular weight excluding hydrogens is 300 g/mol. The zero-order valence-electron chi connectivity index (χ0n) is 16.5. The number of hydrogen-bond donors (Lipinski definition) is 1. The van der Waals surface area contributed by atoms with E-state index in [4.69, 9.17) is 4.74 Å². The fourth-order valence-corrected chi connectivity index (χ4v) is 4.15. The van der Waals surface area contributed by atoms with E-state index in [1.807, 2.05) is 7.05 Å². The van der Waals surface area contributed by atoms with Crippen molar-refractivity contribution in [2.45, 2.75) is 51.0 Å². The molecule has 5 heteroatoms. The lowest BCUT2D eigenvalue weighted by Crippen LogP contribution is -2.57. The van der Waals surface area contributed by atoms with E-state index < -0.39 is 0 Å². The molecule has 2 rings (SSSR count). The zero-order valence-corrected chi connectivity index (χ0v) is 16.5. The summed E-state index contributed by atoms with van der Waals surface area (Å²) in [7, 11) is 8.44. The number of likely N-dealkylation sites (N-methyl/N-ethyl adjacent to an activating group) is 1. The van der Waals surface area contributed by atoms with Crippen molar-refractivity contribution >= 4 is 5.96 Å². The first-order valence-electron chi connectivity index (χ1n) is 9.64. The molecule has 0 unspecified atom stereocenters. The molecule has 0 amide bonds. The molecule has 0 atom stereocenters. The van der Waals surface area contributed by atoms with Crippen molar-refractivity contribution in [3.8, 4) is 0 Å². The van der Waals surface area contributed by atoms with Gasteiger partial charge in [0, 0.05) is 45.9 Å². The molecule has 2 aliphatic rings. The lowest BCUT2D eigenvalue weighted by molar-refractivity contribution is -0.00524. The molecule has 1 heterocycles. The van der Waals surface area contributed by atoms with E-state index in [0.717, 1.165) is 56.9 Å². The summed E-state index contributed by atoms with van der Waals surface area (Å²) in [5.74, 6) is 2.76. The van der Waals surface area contributed by atoms with Crippen LogP contribution in [0.2, 0.25) is 0 Å². The summed E-state index contributed by atoms with van der Waals surface area (Å²) in [5, 5.41) is 3.64. The summed E-state index contributed by atoms with van der Waals surface area (Å²) in [6, 6.07) is 0. The standard InChI is InChI=1S/C19H38N4O/c1-16-6-8-17(9-7-16)14-23(5)18(20-2)21-15-19(22(3)4)10-12-24-13-11-19/h16-17H,6-15H2,1-5H3,(H,20,21). The van der Waals surface area contributed by atoms with Gasteiger partial charge in [0.2, 0.25) is 0 Å². The Kier molecular flexibility index (Phi) is 7.35. The molecule has 0 bridgehead atoms. The van der Waals surface area contributed by atoms with Crippen LogP contribution in [-0.4, -0.2) is 75.8 Å². The molecule has 140 valence electrons. The maximum Gasteiger partial charge on any atom is 0.193 e. The highest BCUT2D eigenvalue weighted by atomic mass is 16.5. The molecule has 1 aliphatic heterocycles. The van der Waals surface area contributed by atoms with E-state index in [-0.39, 0.29) is 5.54 Å². The van der Waals surface area contributed by atoms with Gasteiger partial charge in [0.25, 0.3) is 0 Å². The third-order valence-corrected chi connectivity index (χ3v) is 6.19. The topological polar surface area (TPSA) is 40.1 Å². The number of rotatable bonds is 5. The minimum atomic E-state index is 0.176. The molecule has 24 heavy (non-hydrogen) atoms. The van der Waals surface area contributed by atoms with Crippen LogP contribution in [0.1, 0.15) is 45.4 Å². The van der Waals surface area contributed by atoms with Gasteiger partial charge in [-0.05, 0) is 51.6 Å². The summed E-state index contributed by atoms with van der Waals surface area (Å²) in [6.07, 6.45) is 7.65. The first-order chi connectivity index (χ1) is 11.5. The van der Waals surface area contributed by atoms with E-state index in [1.165, 1.54) is 25.7 Å². The van der Waals surface area contributed by atoms with Gasteiger partial charge < -0.3 is 19.9 Å². The molecule has 5 nitrogen and oxygen atoms in total. The van der Waals surface area contributed by atoms with E-state index >= 15 is 0 Å². The fraction of sp³-hybridized carbons (Fsp3) is 0.947. The van der Waals surface area contributed by atoms with Crippen LogP contribution in [0.25, 0.3) is 0 Å². The number of guanidine groups is 1. The molecule has 2 fully saturated rings. The van der Waals surface area contributed by atoms with Crippen molar-refractivity contribution in [3.63, 3.8) is 0 Å². The SMILES string of the molecule is CN=C(NCC1(N(C)C)CCOCC1)N(C)CC1CCC(C)CC1. The smallest absolute Gasteiger partial charge is 0.193 e. The molecular formula is C19H38N4O. The second-order valence-corrected chi connectivity index (χ2v) is 8.14. The summed E-state index contributed by atoms with van der Waals surface area (Å²) in [6.45, 7) is 6.14. The van der Waals surface area contributed by atoms with Gasteiger partial charge in [-0.1, -0.05) is 19.8 Å². The first-order valence-corrected chi connectivity index (χ1v) is 9.64. The Hall–Kier alpha value is -0.810. The maximum atomic E-state index is 5.57. The van der Waals surface area contributed by atoms with Gasteiger partial charge in [-0.15, -0.1) is 0 Å². The van der Waals surface area contributed by atoms with Crippen molar-refractivity contribution in [2.75, 3.05) is 54.5 Å². The Morgan fingerprint density at radius 3 is 2.29 bits per heavy atom. The van der Waals surface area contributed by atoms with E-state index in [9.17, 15) is 0 Å². The Balaban J connectivity index is 1.86. The predicted octanol–water partition coefficient (Wildman–Crippen LogP) is 2.43. The van der Waals surface area contributed by atoms with Crippen molar-refractivity contribution in [3.05, 3.63) is 0 Å². The molecule has 1 saturated heterocycles. The highest BCUT2D eigenvalue weighted by Crippen LogP contribution is 2.29. The van der Waals surface area contributed by atoms with E-state index in [2.05, 4.69) is 48.2 Å². The highest BCUT2D eigenvalue weighted by molar-refractivity contribution is 5.79. The van der Waals surface area contributed by atoms with Gasteiger partial charge in [-0.25, -0.2) is 0 Å². The second kappa shape index (κ2) is 9.04. The summed E-state index contributed by atoms with van der Waals surface area (Å²) in [5.41, 5.74) is 0.176. The summed E-state index contributed by atoms with van der Waals surface area (Å²) in [4.78, 5) is 9.21. The van der Waals surface area contributed by atoms with Gasteiger partial charge in [-0.2, -0.15) is 0 Å². The molecule has 0 aromatic heterocycles. The Morgan fingerprint density at radius 1 is 1.12 bits per heavy atom. The minimum absolute atomic E-state index is 0.176. The number of hydrogen-bond acceptors (Lipinski definition) is 3. The quantitative estimate of drug-likeness (QED) is 0.617. The van der Waals surface area contributed by atoms with Crippen molar-refractivity contribution < 1.29 is 4.74 Å². The van der Waals surface area contributed by atoms with Crippen LogP contribution in [0.3, 0.4) is 0 Å². The summed E-state index contributed by atoms with van der Waals surface area (Å²) >= 11 is 0. The lowest BCUT2D eigenvalue weighted by atomic mass is 9.83. The number of ether oxygens (including phenoxy) is 1. The Labute approximate surface area is 148 Å². The number of nitrogens with one attached hydrogen (secondary N) is 1. The van der Waals surface area contributed by atoms with Gasteiger partial charge in [-0.3, -0.25) is 4.99 Å². The molecule has 0 spiro atoms. The van der Waals surface area contributed by atoms with Crippen LogP contribution in [0, 0.1) is 11.8 Å². The maximum absolute atomic E-state index is 5.57. The minimum Gasteiger partial charge on any atom is -0.381 e. The van der Waals surface area contributed by atoms with Crippen LogP contribution < -0.4 is 5.32 Å². The highest BCUT2D eigenvalue weighted by Gasteiger charge is 2.35. The number of aliphatic imine (C=N–C) groups is 1. The average molecular weight is 339 g/mol. The van der Waals surface area contributed by atoms with Gasteiger partial charge in [0.15, 0.2) is 5.96 Å². The molecule has 1 aliphatic carbocycles. The van der Waals surface area contributed by atoms with Crippen LogP contribution in [0.15, 0.2) is 4.99 Å². The predicted molar refractivity (Wildman–Crippen MR) is 102 cm³/mol. The van der Waals surface area contributed by atoms with Crippen molar-refractivity contribution in [1.29, 1.82) is 0 Å². The average Bonchev–Trinajstić information content (AvgIpc) is 2.58. The summed E-state index contributed by atoms with van der Waals surface area (Å²) < 4.78 is 5.57. The van der Waals surface area contributed by atoms with Gasteiger partial charge >= 0.3 is 0 Å². The van der Waals surface area contributed by atoms with Crippen LogP contribution in [-0.2, 0) is 4.74 Å². The number of nitrogens with zero attached hydrogens (tertiary/aromatic N) is 3. The Morgan fingerprint density at radius 2 is 1.75 bits per heavy atom. The largest absolute Gasteiger partial charge is 0.381 e. The second-order valence-electron chi connectivity index (χ2n) is 8.14. The van der Waals surface area contributed by atoms with Crippen molar-refractivity contribution in [2.24, 2.45) is 16.8 Å². The van der Waals surface area contributed by atoms with Gasteiger partial charge in [0.05, 0.1) is 0 Å². The molecule has 1 saturated carbocycles. The molecule has 0 aromatic rings. The third kappa shape index (κ3) is 5.09. The third-order valence-electron chi connectivity index (χ3n) is 6.19.